The van der Waals surface area contributed by atoms with Crippen LogP contribution in [0, 0.1) is 0 Å². The van der Waals surface area contributed by atoms with E-state index in [0.717, 1.165) is 12.2 Å². The summed E-state index contributed by atoms with van der Waals surface area (Å²) in [5.74, 6) is 0. The van der Waals surface area contributed by atoms with E-state index in [4.69, 9.17) is 5.73 Å². The van der Waals surface area contributed by atoms with Crippen LogP contribution in [0.25, 0.3) is 0 Å². The van der Waals surface area contributed by atoms with Crippen molar-refractivity contribution in [1.82, 2.24) is 4.90 Å². The first-order chi connectivity index (χ1) is 7.66. The molecule has 1 aliphatic heterocycles. The van der Waals surface area contributed by atoms with Crippen molar-refractivity contribution in [2.24, 2.45) is 0 Å². The Kier molecular flexibility index (Phi) is 3.34. The van der Waals surface area contributed by atoms with Gasteiger partial charge >= 0.3 is 0 Å². The third-order valence-corrected chi connectivity index (χ3v) is 3.45. The Balaban J connectivity index is 2.06. The molecule has 1 atom stereocenters. The van der Waals surface area contributed by atoms with Crippen LogP contribution in [0.5, 0.6) is 0 Å². The molecule has 1 aromatic carbocycles. The maximum absolute atomic E-state index is 5.70. The normalized spacial score (nSPS) is 22.0. The minimum atomic E-state index is 0.627. The molecule has 1 unspecified atom stereocenters. The molecule has 1 saturated heterocycles. The SMILES string of the molecule is CN1CCCC(N(C)c2ccc(N)cc2)C1. The molecule has 0 bridgehead atoms. The van der Waals surface area contributed by atoms with Crippen LogP contribution in [-0.4, -0.2) is 38.1 Å². The average Bonchev–Trinajstić information content (AvgIpc) is 2.29. The number of nitrogens with two attached hydrogens (primary N) is 1. The number of likely N-dealkylation sites (tertiary alicyclic amines) is 1. The Morgan fingerprint density at radius 2 is 2.00 bits per heavy atom. The standard InChI is InChI=1S/C13H21N3/c1-15-9-3-4-13(10-15)16(2)12-7-5-11(14)6-8-12/h5-8,13H,3-4,9-10,14H2,1-2H3. The topological polar surface area (TPSA) is 32.5 Å². The summed E-state index contributed by atoms with van der Waals surface area (Å²) in [5.41, 5.74) is 7.79. The van der Waals surface area contributed by atoms with Gasteiger partial charge in [-0.15, -0.1) is 0 Å². The van der Waals surface area contributed by atoms with Crippen molar-refractivity contribution in [1.29, 1.82) is 0 Å². The molecule has 0 aliphatic carbocycles. The second-order valence-corrected chi connectivity index (χ2v) is 4.76. The molecule has 2 rings (SSSR count). The molecule has 16 heavy (non-hydrogen) atoms. The summed E-state index contributed by atoms with van der Waals surface area (Å²) < 4.78 is 0. The molecule has 1 aliphatic rings. The lowest BCUT2D eigenvalue weighted by molar-refractivity contribution is 0.248. The third kappa shape index (κ3) is 2.47. The minimum absolute atomic E-state index is 0.627. The van der Waals surface area contributed by atoms with E-state index in [1.165, 1.54) is 25.1 Å². The number of piperidine rings is 1. The van der Waals surface area contributed by atoms with E-state index in [1.807, 2.05) is 12.1 Å². The van der Waals surface area contributed by atoms with Gasteiger partial charge in [-0.25, -0.2) is 0 Å². The quantitative estimate of drug-likeness (QED) is 0.770. The van der Waals surface area contributed by atoms with Crippen LogP contribution in [0.2, 0.25) is 0 Å². The van der Waals surface area contributed by atoms with Crippen LogP contribution in [0.15, 0.2) is 24.3 Å². The third-order valence-electron chi connectivity index (χ3n) is 3.45. The summed E-state index contributed by atoms with van der Waals surface area (Å²) >= 11 is 0. The van der Waals surface area contributed by atoms with Crippen LogP contribution >= 0.6 is 0 Å². The van der Waals surface area contributed by atoms with Crippen molar-refractivity contribution in [2.45, 2.75) is 18.9 Å². The van der Waals surface area contributed by atoms with E-state index >= 15 is 0 Å². The molecule has 3 nitrogen and oxygen atoms in total. The largest absolute Gasteiger partial charge is 0.399 e. The van der Waals surface area contributed by atoms with E-state index in [9.17, 15) is 0 Å². The summed E-state index contributed by atoms with van der Waals surface area (Å²) in [4.78, 5) is 4.77. The fourth-order valence-corrected chi connectivity index (χ4v) is 2.38. The van der Waals surface area contributed by atoms with Crippen LogP contribution in [0.1, 0.15) is 12.8 Å². The van der Waals surface area contributed by atoms with Crippen molar-refractivity contribution in [2.75, 3.05) is 37.8 Å². The minimum Gasteiger partial charge on any atom is -0.399 e. The van der Waals surface area contributed by atoms with Gasteiger partial charge in [-0.3, -0.25) is 0 Å². The van der Waals surface area contributed by atoms with E-state index in [1.54, 1.807) is 0 Å². The van der Waals surface area contributed by atoms with Crippen molar-refractivity contribution in [3.05, 3.63) is 24.3 Å². The molecule has 1 aromatic rings. The molecule has 3 heteroatoms. The van der Waals surface area contributed by atoms with Crippen LogP contribution in [0.3, 0.4) is 0 Å². The second-order valence-electron chi connectivity index (χ2n) is 4.76. The van der Waals surface area contributed by atoms with Gasteiger partial charge in [0.1, 0.15) is 0 Å². The summed E-state index contributed by atoms with van der Waals surface area (Å²) in [5, 5.41) is 0. The maximum atomic E-state index is 5.70. The summed E-state index contributed by atoms with van der Waals surface area (Å²) in [6.45, 7) is 2.38. The van der Waals surface area contributed by atoms with Gasteiger partial charge in [-0.2, -0.15) is 0 Å². The highest BCUT2D eigenvalue weighted by atomic mass is 15.2. The molecule has 1 fully saturated rings. The van der Waals surface area contributed by atoms with Gasteiger partial charge in [-0.1, -0.05) is 0 Å². The summed E-state index contributed by atoms with van der Waals surface area (Å²) in [6.07, 6.45) is 2.58. The average molecular weight is 219 g/mol. The van der Waals surface area contributed by atoms with Gasteiger partial charge in [0, 0.05) is 31.0 Å². The molecule has 0 amide bonds. The Bertz CT molecular complexity index is 334. The number of anilines is 2. The fraction of sp³-hybridized carbons (Fsp3) is 0.538. The summed E-state index contributed by atoms with van der Waals surface area (Å²) in [7, 11) is 4.37. The highest BCUT2D eigenvalue weighted by Crippen LogP contribution is 2.21. The highest BCUT2D eigenvalue weighted by molar-refractivity contribution is 5.53. The van der Waals surface area contributed by atoms with Crippen LogP contribution in [0.4, 0.5) is 11.4 Å². The Hall–Kier alpha value is -1.22. The van der Waals surface area contributed by atoms with Gasteiger partial charge < -0.3 is 15.5 Å². The number of hydrogen-bond acceptors (Lipinski definition) is 3. The zero-order chi connectivity index (χ0) is 11.5. The van der Waals surface area contributed by atoms with Crippen LogP contribution in [-0.2, 0) is 0 Å². The Labute approximate surface area is 97.8 Å². The summed E-state index contributed by atoms with van der Waals surface area (Å²) in [6, 6.07) is 8.77. The van der Waals surface area contributed by atoms with Crippen molar-refractivity contribution >= 4 is 11.4 Å². The van der Waals surface area contributed by atoms with Crippen LogP contribution < -0.4 is 10.6 Å². The predicted molar refractivity (Wildman–Crippen MR) is 69.8 cm³/mol. The predicted octanol–water partition coefficient (Wildman–Crippen LogP) is 1.80. The first kappa shape index (κ1) is 11.3. The van der Waals surface area contributed by atoms with Gasteiger partial charge in [0.15, 0.2) is 0 Å². The smallest absolute Gasteiger partial charge is 0.0414 e. The van der Waals surface area contributed by atoms with Crippen molar-refractivity contribution in [3.63, 3.8) is 0 Å². The number of nitrogen functional groups attached to an aromatic ring is 1. The Morgan fingerprint density at radius 1 is 1.31 bits per heavy atom. The first-order valence-corrected chi connectivity index (χ1v) is 5.94. The molecule has 88 valence electrons. The highest BCUT2D eigenvalue weighted by Gasteiger charge is 2.20. The zero-order valence-corrected chi connectivity index (χ0v) is 10.2. The first-order valence-electron chi connectivity index (χ1n) is 5.94. The number of benzene rings is 1. The lowest BCUT2D eigenvalue weighted by Crippen LogP contribution is -2.45. The molecule has 1 heterocycles. The number of rotatable bonds is 2. The van der Waals surface area contributed by atoms with E-state index in [2.05, 4.69) is 36.0 Å². The molecular weight excluding hydrogens is 198 g/mol. The number of hydrogen-bond donors (Lipinski definition) is 1. The molecule has 0 aromatic heterocycles. The van der Waals surface area contributed by atoms with E-state index in [0.29, 0.717) is 6.04 Å². The van der Waals surface area contributed by atoms with E-state index in [-0.39, 0.29) is 0 Å². The molecule has 0 spiro atoms. The van der Waals surface area contributed by atoms with Crippen molar-refractivity contribution in [3.8, 4) is 0 Å². The van der Waals surface area contributed by atoms with Crippen molar-refractivity contribution < 1.29 is 0 Å². The molecular formula is C13H21N3. The lowest BCUT2D eigenvalue weighted by Gasteiger charge is -2.37. The van der Waals surface area contributed by atoms with Gasteiger partial charge in [0.05, 0.1) is 0 Å². The maximum Gasteiger partial charge on any atom is 0.0414 e. The molecule has 2 N–H and O–H groups in total. The lowest BCUT2D eigenvalue weighted by atomic mass is 10.0. The molecule has 0 saturated carbocycles. The Morgan fingerprint density at radius 3 is 2.62 bits per heavy atom. The fourth-order valence-electron chi connectivity index (χ4n) is 2.38. The zero-order valence-electron chi connectivity index (χ0n) is 10.2. The number of nitrogens with zero attached hydrogens (tertiary/aromatic N) is 2. The second kappa shape index (κ2) is 4.74. The van der Waals surface area contributed by atoms with E-state index < -0.39 is 0 Å². The number of likely N-dealkylation sites (N-methyl/N-ethyl adjacent to an activating group) is 2. The van der Waals surface area contributed by atoms with Gasteiger partial charge in [-0.05, 0) is 50.7 Å². The molecule has 0 radical (unpaired) electrons. The van der Waals surface area contributed by atoms with Gasteiger partial charge in [0.2, 0.25) is 0 Å². The van der Waals surface area contributed by atoms with Gasteiger partial charge in [0.25, 0.3) is 0 Å². The monoisotopic (exact) mass is 219 g/mol.